The summed E-state index contributed by atoms with van der Waals surface area (Å²) in [5, 5.41) is 5.12. The van der Waals surface area contributed by atoms with E-state index in [2.05, 4.69) is 5.10 Å². The largest absolute Gasteiger partial charge is 0.458 e. The average Bonchev–Trinajstić information content (AvgIpc) is 2.63. The van der Waals surface area contributed by atoms with Gasteiger partial charge >= 0.3 is 5.97 Å². The highest BCUT2D eigenvalue weighted by molar-refractivity contribution is 6.02. The van der Waals surface area contributed by atoms with Crippen LogP contribution >= 0.6 is 0 Å². The second-order valence-corrected chi connectivity index (χ2v) is 5.08. The molecule has 0 amide bonds. The van der Waals surface area contributed by atoms with Crippen molar-refractivity contribution in [2.45, 2.75) is 0 Å². The minimum Gasteiger partial charge on any atom is -0.458 e. The number of ether oxygens (including phenoxy) is 2. The van der Waals surface area contributed by atoms with Crippen LogP contribution in [0.2, 0.25) is 0 Å². The first-order valence-electron chi connectivity index (χ1n) is 7.46. The molecule has 1 heterocycles. The summed E-state index contributed by atoms with van der Waals surface area (Å²) in [6.45, 7) is 0.414. The lowest BCUT2D eigenvalue weighted by Gasteiger charge is -2.10. The molecule has 0 N–H and O–H groups in total. The molecule has 0 aliphatic heterocycles. The molecule has 0 fully saturated rings. The monoisotopic (exact) mass is 324 g/mol. The van der Waals surface area contributed by atoms with Crippen LogP contribution in [-0.4, -0.2) is 36.1 Å². The van der Waals surface area contributed by atoms with Crippen molar-refractivity contribution in [1.29, 1.82) is 0 Å². The van der Waals surface area contributed by atoms with Crippen molar-refractivity contribution in [1.82, 2.24) is 9.78 Å². The van der Waals surface area contributed by atoms with Crippen LogP contribution in [0.25, 0.3) is 16.5 Å². The van der Waals surface area contributed by atoms with Crippen LogP contribution < -0.4 is 5.56 Å². The molecule has 6 heteroatoms. The highest BCUT2D eigenvalue weighted by Crippen LogP contribution is 2.16. The molecule has 122 valence electrons. The zero-order valence-corrected chi connectivity index (χ0v) is 13.1. The van der Waals surface area contributed by atoms with Gasteiger partial charge in [-0.2, -0.15) is 9.78 Å². The summed E-state index contributed by atoms with van der Waals surface area (Å²) >= 11 is 0. The second-order valence-electron chi connectivity index (χ2n) is 5.08. The van der Waals surface area contributed by atoms with E-state index in [0.29, 0.717) is 23.1 Å². The van der Waals surface area contributed by atoms with Gasteiger partial charge in [-0.25, -0.2) is 4.79 Å². The number of fused-ring (bicyclic) bond motifs is 1. The van der Waals surface area contributed by atoms with Gasteiger partial charge in [0.2, 0.25) is 0 Å². The minimum atomic E-state index is -0.590. The van der Waals surface area contributed by atoms with Crippen molar-refractivity contribution in [3.63, 3.8) is 0 Å². The number of carbonyl (C=O) groups is 1. The molecule has 0 atom stereocenters. The van der Waals surface area contributed by atoms with Crippen molar-refractivity contribution < 1.29 is 14.3 Å². The van der Waals surface area contributed by atoms with Gasteiger partial charge in [-0.15, -0.1) is 0 Å². The van der Waals surface area contributed by atoms with E-state index in [-0.39, 0.29) is 17.9 Å². The fourth-order valence-corrected chi connectivity index (χ4v) is 2.37. The maximum Gasteiger partial charge on any atom is 0.359 e. The molecule has 0 bridgehead atoms. The molecule has 0 unspecified atom stereocenters. The third-order valence-corrected chi connectivity index (χ3v) is 3.52. The van der Waals surface area contributed by atoms with E-state index in [1.54, 1.807) is 48.5 Å². The molecule has 0 aliphatic carbocycles. The van der Waals surface area contributed by atoms with Crippen LogP contribution in [0.15, 0.2) is 59.4 Å². The summed E-state index contributed by atoms with van der Waals surface area (Å²) in [5.74, 6) is -0.590. The summed E-state index contributed by atoms with van der Waals surface area (Å²) < 4.78 is 11.3. The van der Waals surface area contributed by atoms with E-state index in [9.17, 15) is 9.59 Å². The van der Waals surface area contributed by atoms with Crippen LogP contribution in [0, 0.1) is 0 Å². The molecule has 24 heavy (non-hydrogen) atoms. The first-order valence-corrected chi connectivity index (χ1v) is 7.46. The summed E-state index contributed by atoms with van der Waals surface area (Å²) in [6, 6.07) is 15.8. The van der Waals surface area contributed by atoms with Crippen LogP contribution in [0.1, 0.15) is 10.5 Å². The van der Waals surface area contributed by atoms with Gasteiger partial charge in [0.1, 0.15) is 6.61 Å². The Hall–Kier alpha value is -2.99. The topological polar surface area (TPSA) is 70.4 Å². The fourth-order valence-electron chi connectivity index (χ4n) is 2.37. The van der Waals surface area contributed by atoms with Gasteiger partial charge in [0.05, 0.1) is 17.7 Å². The molecule has 0 saturated heterocycles. The molecule has 6 nitrogen and oxygen atoms in total. The molecule has 0 spiro atoms. The number of rotatable bonds is 5. The van der Waals surface area contributed by atoms with Crippen molar-refractivity contribution >= 4 is 16.7 Å². The van der Waals surface area contributed by atoms with Crippen molar-refractivity contribution in [2.75, 3.05) is 20.3 Å². The van der Waals surface area contributed by atoms with Crippen molar-refractivity contribution in [3.05, 3.63) is 70.6 Å². The van der Waals surface area contributed by atoms with Gasteiger partial charge in [0.15, 0.2) is 5.69 Å². The van der Waals surface area contributed by atoms with Crippen LogP contribution in [0.4, 0.5) is 0 Å². The third-order valence-electron chi connectivity index (χ3n) is 3.52. The Labute approximate surface area is 138 Å². The van der Waals surface area contributed by atoms with E-state index in [0.717, 1.165) is 0 Å². The molecule has 3 rings (SSSR count). The number of aromatic nitrogens is 2. The van der Waals surface area contributed by atoms with E-state index in [1.165, 1.54) is 11.8 Å². The van der Waals surface area contributed by atoms with Gasteiger partial charge < -0.3 is 9.47 Å². The summed E-state index contributed by atoms with van der Waals surface area (Å²) in [7, 11) is 1.52. The molecule has 0 aliphatic rings. The SMILES string of the molecule is COCCOC(=O)c1nn(-c2ccccc2)c(=O)c2ccccc12. The zero-order chi connectivity index (χ0) is 16.9. The smallest absolute Gasteiger partial charge is 0.359 e. The molecule has 2 aromatic carbocycles. The van der Waals surface area contributed by atoms with Crippen molar-refractivity contribution in [3.8, 4) is 5.69 Å². The predicted molar refractivity (Wildman–Crippen MR) is 89.5 cm³/mol. The zero-order valence-electron chi connectivity index (χ0n) is 13.1. The number of para-hydroxylation sites is 1. The van der Waals surface area contributed by atoms with Gasteiger partial charge in [-0.1, -0.05) is 36.4 Å². The van der Waals surface area contributed by atoms with Gasteiger partial charge in [0.25, 0.3) is 5.56 Å². The summed E-state index contributed by atoms with van der Waals surface area (Å²) in [5.41, 5.74) is 0.398. The highest BCUT2D eigenvalue weighted by atomic mass is 16.6. The van der Waals surface area contributed by atoms with Crippen LogP contribution in [0.3, 0.4) is 0 Å². The Kier molecular flexibility index (Phi) is 4.67. The van der Waals surface area contributed by atoms with E-state index < -0.39 is 5.97 Å². The second kappa shape index (κ2) is 7.06. The summed E-state index contributed by atoms with van der Waals surface area (Å²) in [4.78, 5) is 25.1. The maximum absolute atomic E-state index is 12.7. The molecular formula is C18H16N2O4. The van der Waals surface area contributed by atoms with Gasteiger partial charge in [0, 0.05) is 12.5 Å². The molecule has 3 aromatic rings. The molecule has 0 saturated carbocycles. The Balaban J connectivity index is 2.16. The quantitative estimate of drug-likeness (QED) is 0.531. The lowest BCUT2D eigenvalue weighted by atomic mass is 10.1. The number of nitrogens with zero attached hydrogens (tertiary/aromatic N) is 2. The minimum absolute atomic E-state index is 0.102. The predicted octanol–water partition coefficient (Wildman–Crippen LogP) is 2.19. The normalized spacial score (nSPS) is 10.7. The Morgan fingerprint density at radius 1 is 1.00 bits per heavy atom. The van der Waals surface area contributed by atoms with Crippen LogP contribution in [0.5, 0.6) is 0 Å². The highest BCUT2D eigenvalue weighted by Gasteiger charge is 2.18. The number of esters is 1. The molecule has 0 radical (unpaired) electrons. The Bertz CT molecular complexity index is 919. The number of hydrogen-bond donors (Lipinski definition) is 0. The number of benzene rings is 2. The van der Waals surface area contributed by atoms with Gasteiger partial charge in [-0.3, -0.25) is 4.79 Å². The van der Waals surface area contributed by atoms with Gasteiger partial charge in [-0.05, 0) is 18.2 Å². The van der Waals surface area contributed by atoms with Crippen molar-refractivity contribution in [2.24, 2.45) is 0 Å². The number of hydrogen-bond acceptors (Lipinski definition) is 5. The van der Waals surface area contributed by atoms with E-state index >= 15 is 0 Å². The molecular weight excluding hydrogens is 308 g/mol. The van der Waals surface area contributed by atoms with E-state index in [4.69, 9.17) is 9.47 Å². The number of carbonyl (C=O) groups excluding carboxylic acids is 1. The lowest BCUT2D eigenvalue weighted by Crippen LogP contribution is -2.25. The molecule has 1 aromatic heterocycles. The fraction of sp³-hybridized carbons (Fsp3) is 0.167. The third kappa shape index (κ3) is 3.04. The standard InChI is InChI=1S/C18H16N2O4/c1-23-11-12-24-18(22)16-14-9-5-6-10-15(14)17(21)20(19-16)13-7-3-2-4-8-13/h2-10H,11-12H2,1H3. The first kappa shape index (κ1) is 15.9. The maximum atomic E-state index is 12.7. The average molecular weight is 324 g/mol. The first-order chi connectivity index (χ1) is 11.7. The number of methoxy groups -OCH3 is 1. The Morgan fingerprint density at radius 3 is 2.38 bits per heavy atom. The van der Waals surface area contributed by atoms with E-state index in [1.807, 2.05) is 6.07 Å². The Morgan fingerprint density at radius 2 is 1.67 bits per heavy atom. The lowest BCUT2D eigenvalue weighted by molar-refractivity contribution is 0.0382. The van der Waals surface area contributed by atoms with Crippen LogP contribution in [-0.2, 0) is 9.47 Å². The summed E-state index contributed by atoms with van der Waals surface area (Å²) in [6.07, 6.45) is 0.